The Kier molecular flexibility index (Phi) is 4.58. The molecule has 2 aromatic heterocycles. The average Bonchev–Trinajstić information content (AvgIpc) is 3.35. The molecule has 158 valence electrons. The van der Waals surface area contributed by atoms with E-state index in [0.29, 0.717) is 11.8 Å². The molecule has 31 heavy (non-hydrogen) atoms. The third kappa shape index (κ3) is 3.25. The van der Waals surface area contributed by atoms with E-state index < -0.39 is 0 Å². The van der Waals surface area contributed by atoms with Gasteiger partial charge < -0.3 is 4.52 Å². The highest BCUT2D eigenvalue weighted by Gasteiger charge is 2.32. The third-order valence-electron chi connectivity index (χ3n) is 6.76. The maximum atomic E-state index is 6.30. The van der Waals surface area contributed by atoms with Crippen LogP contribution in [0.3, 0.4) is 0 Å². The van der Waals surface area contributed by atoms with Gasteiger partial charge in [-0.3, -0.25) is 9.47 Å². The first-order chi connectivity index (χ1) is 15.2. The van der Waals surface area contributed by atoms with Crippen molar-refractivity contribution in [3.63, 3.8) is 0 Å². The minimum absolute atomic E-state index is 0.388. The molecule has 6 rings (SSSR count). The molecule has 1 aliphatic heterocycles. The minimum atomic E-state index is 0.388. The molecule has 0 saturated heterocycles. The van der Waals surface area contributed by atoms with Crippen molar-refractivity contribution in [3.8, 4) is 5.69 Å². The molecule has 0 amide bonds. The minimum Gasteiger partial charge on any atom is -0.360 e. The molecule has 4 aromatic rings. The van der Waals surface area contributed by atoms with Gasteiger partial charge in [-0.25, -0.2) is 0 Å². The van der Waals surface area contributed by atoms with Crippen LogP contribution in [0.25, 0.3) is 16.6 Å². The van der Waals surface area contributed by atoms with Crippen LogP contribution in [0.2, 0.25) is 5.02 Å². The van der Waals surface area contributed by atoms with E-state index in [1.807, 2.05) is 18.2 Å². The molecule has 6 nitrogen and oxygen atoms in total. The zero-order valence-corrected chi connectivity index (χ0v) is 18.2. The Morgan fingerprint density at radius 1 is 0.968 bits per heavy atom. The van der Waals surface area contributed by atoms with Gasteiger partial charge in [0.15, 0.2) is 5.82 Å². The van der Waals surface area contributed by atoms with Gasteiger partial charge in [-0.1, -0.05) is 28.9 Å². The summed E-state index contributed by atoms with van der Waals surface area (Å²) >= 11 is 6.30. The smallest absolute Gasteiger partial charge is 0.151 e. The van der Waals surface area contributed by atoms with Gasteiger partial charge in [0.1, 0.15) is 17.1 Å². The number of aromatic nitrogens is 4. The summed E-state index contributed by atoms with van der Waals surface area (Å²) in [6, 6.07) is 14.3. The Balaban J connectivity index is 1.30. The molecule has 2 aliphatic rings. The normalized spacial score (nSPS) is 21.6. The van der Waals surface area contributed by atoms with Crippen LogP contribution in [0, 0.1) is 0 Å². The van der Waals surface area contributed by atoms with Crippen molar-refractivity contribution in [3.05, 3.63) is 70.5 Å². The molecule has 1 aliphatic carbocycles. The van der Waals surface area contributed by atoms with E-state index in [9.17, 15) is 0 Å². The average molecular weight is 434 g/mol. The Morgan fingerprint density at radius 3 is 2.65 bits per heavy atom. The topological polar surface area (TPSA) is 60.0 Å². The molecule has 0 N–H and O–H groups in total. The van der Waals surface area contributed by atoms with Crippen LogP contribution in [0.4, 0.5) is 0 Å². The maximum absolute atomic E-state index is 6.30. The van der Waals surface area contributed by atoms with E-state index in [4.69, 9.17) is 16.1 Å². The Bertz CT molecular complexity index is 1250. The molecule has 0 spiro atoms. The number of hydrogen-bond acceptors (Lipinski definition) is 5. The van der Waals surface area contributed by atoms with E-state index in [2.05, 4.69) is 56.1 Å². The second kappa shape index (κ2) is 7.46. The first kappa shape index (κ1) is 19.0. The van der Waals surface area contributed by atoms with Crippen molar-refractivity contribution in [2.24, 2.45) is 0 Å². The summed E-state index contributed by atoms with van der Waals surface area (Å²) in [7, 11) is 2.11. The van der Waals surface area contributed by atoms with Gasteiger partial charge in [0, 0.05) is 28.8 Å². The first-order valence-electron chi connectivity index (χ1n) is 10.9. The zero-order chi connectivity index (χ0) is 20.9. The Morgan fingerprint density at radius 2 is 1.77 bits per heavy atom. The standard InChI is InChI=1S/C24H24ClN5O/c1-29-13-17-12-18(25)10-11-21(17)30-22(14-29)26-27-24(30)16-8-6-15(7-9-16)23-19-4-2-3-5-20(19)28-31-23/h2-5,10-12,15-16H,6-9,13-14H2,1H3/t15-,16-. The van der Waals surface area contributed by atoms with E-state index in [1.165, 1.54) is 5.56 Å². The largest absolute Gasteiger partial charge is 0.360 e. The monoisotopic (exact) mass is 433 g/mol. The summed E-state index contributed by atoms with van der Waals surface area (Å²) in [5.74, 6) is 3.92. The van der Waals surface area contributed by atoms with Gasteiger partial charge in [0.05, 0.1) is 12.2 Å². The molecule has 0 unspecified atom stereocenters. The molecule has 0 bridgehead atoms. The molecule has 3 heterocycles. The summed E-state index contributed by atoms with van der Waals surface area (Å²) in [5.41, 5.74) is 3.32. The van der Waals surface area contributed by atoms with Crippen molar-refractivity contribution < 1.29 is 4.52 Å². The number of benzene rings is 2. The fourth-order valence-corrected chi connectivity index (χ4v) is 5.46. The lowest BCUT2D eigenvalue weighted by Gasteiger charge is -2.27. The molecule has 1 fully saturated rings. The van der Waals surface area contributed by atoms with Crippen molar-refractivity contribution in [2.45, 2.75) is 50.6 Å². The van der Waals surface area contributed by atoms with Crippen LogP contribution in [0.5, 0.6) is 0 Å². The summed E-state index contributed by atoms with van der Waals surface area (Å²) in [6.07, 6.45) is 4.27. The molecule has 0 atom stereocenters. The van der Waals surface area contributed by atoms with Gasteiger partial charge in [0.25, 0.3) is 0 Å². The quantitative estimate of drug-likeness (QED) is 0.420. The highest BCUT2D eigenvalue weighted by atomic mass is 35.5. The molecule has 2 aromatic carbocycles. The SMILES string of the molecule is CN1Cc2cc(Cl)ccc2-n2c(nnc2[C@H]2CC[C@H](c3onc4ccccc43)CC2)C1. The van der Waals surface area contributed by atoms with Crippen molar-refractivity contribution in [2.75, 3.05) is 7.05 Å². The lowest BCUT2D eigenvalue weighted by molar-refractivity contribution is 0.307. The zero-order valence-electron chi connectivity index (χ0n) is 17.5. The molecule has 7 heteroatoms. The molecule has 1 saturated carbocycles. The fourth-order valence-electron chi connectivity index (χ4n) is 5.26. The molecule has 0 radical (unpaired) electrons. The second-order valence-electron chi connectivity index (χ2n) is 8.87. The van der Waals surface area contributed by atoms with Gasteiger partial charge in [0.2, 0.25) is 0 Å². The summed E-state index contributed by atoms with van der Waals surface area (Å²) in [5, 5.41) is 15.4. The van der Waals surface area contributed by atoms with Crippen LogP contribution < -0.4 is 0 Å². The highest BCUT2D eigenvalue weighted by Crippen LogP contribution is 2.43. The van der Waals surface area contributed by atoms with Gasteiger partial charge in [-0.2, -0.15) is 0 Å². The van der Waals surface area contributed by atoms with Crippen LogP contribution >= 0.6 is 11.6 Å². The number of halogens is 1. The Labute approximate surface area is 185 Å². The summed E-state index contributed by atoms with van der Waals surface area (Å²) in [4.78, 5) is 2.26. The van der Waals surface area contributed by atoms with E-state index >= 15 is 0 Å². The van der Waals surface area contributed by atoms with Gasteiger partial charge in [-0.15, -0.1) is 10.2 Å². The van der Waals surface area contributed by atoms with Crippen molar-refractivity contribution in [1.29, 1.82) is 0 Å². The van der Waals surface area contributed by atoms with Crippen molar-refractivity contribution >= 4 is 22.5 Å². The number of fused-ring (bicyclic) bond motifs is 4. The lowest BCUT2D eigenvalue weighted by atomic mass is 9.80. The first-order valence-corrected chi connectivity index (χ1v) is 11.3. The Hall–Kier alpha value is -2.70. The highest BCUT2D eigenvalue weighted by molar-refractivity contribution is 6.30. The van der Waals surface area contributed by atoms with Crippen LogP contribution in [0.15, 0.2) is 47.0 Å². The maximum Gasteiger partial charge on any atom is 0.151 e. The molecular formula is C24H24ClN5O. The van der Waals surface area contributed by atoms with Crippen LogP contribution in [-0.4, -0.2) is 31.9 Å². The fraction of sp³-hybridized carbons (Fsp3) is 0.375. The predicted molar refractivity (Wildman–Crippen MR) is 119 cm³/mol. The predicted octanol–water partition coefficient (Wildman–Crippen LogP) is 5.45. The van der Waals surface area contributed by atoms with Gasteiger partial charge in [-0.05, 0) is 68.6 Å². The van der Waals surface area contributed by atoms with E-state index in [0.717, 1.165) is 77.8 Å². The van der Waals surface area contributed by atoms with E-state index in [-0.39, 0.29) is 0 Å². The number of hydrogen-bond donors (Lipinski definition) is 0. The van der Waals surface area contributed by atoms with E-state index in [1.54, 1.807) is 0 Å². The summed E-state index contributed by atoms with van der Waals surface area (Å²) < 4.78 is 8.04. The second-order valence-corrected chi connectivity index (χ2v) is 9.30. The van der Waals surface area contributed by atoms with Crippen molar-refractivity contribution in [1.82, 2.24) is 24.8 Å². The third-order valence-corrected chi connectivity index (χ3v) is 7.00. The van der Waals surface area contributed by atoms with Crippen LogP contribution in [-0.2, 0) is 13.1 Å². The van der Waals surface area contributed by atoms with Gasteiger partial charge >= 0.3 is 0 Å². The number of nitrogens with zero attached hydrogens (tertiary/aromatic N) is 5. The lowest BCUT2D eigenvalue weighted by Crippen LogP contribution is -2.17. The van der Waals surface area contributed by atoms with Crippen LogP contribution in [0.1, 0.15) is 60.5 Å². The molecular weight excluding hydrogens is 410 g/mol. The summed E-state index contributed by atoms with van der Waals surface area (Å²) in [6.45, 7) is 1.63. The number of rotatable bonds is 2.